The number of nitrogens with one attached hydrogen (secondary N) is 1. The third-order valence-corrected chi connectivity index (χ3v) is 4.88. The quantitative estimate of drug-likeness (QED) is 0.661. The van der Waals surface area contributed by atoms with Gasteiger partial charge in [0.2, 0.25) is 0 Å². The number of ether oxygens (including phenoxy) is 1. The monoisotopic (exact) mass is 382 g/mol. The number of rotatable bonds is 7. The highest BCUT2D eigenvalue weighted by Gasteiger charge is 2.23. The normalized spacial score (nSPS) is 15.5. The minimum absolute atomic E-state index is 0.0963. The second kappa shape index (κ2) is 8.15. The van der Waals surface area contributed by atoms with Gasteiger partial charge in [0.1, 0.15) is 18.4 Å². The molecule has 146 valence electrons. The maximum absolute atomic E-state index is 12.3. The summed E-state index contributed by atoms with van der Waals surface area (Å²) in [5.41, 5.74) is 0.751. The predicted molar refractivity (Wildman–Crippen MR) is 98.7 cm³/mol. The van der Waals surface area contributed by atoms with Crippen LogP contribution in [0.3, 0.4) is 0 Å². The second-order valence-electron chi connectivity index (χ2n) is 6.86. The lowest BCUT2D eigenvalue weighted by Gasteiger charge is -2.18. The number of carbonyl (C=O) groups is 1. The largest absolute Gasteiger partial charge is 0.484 e. The summed E-state index contributed by atoms with van der Waals surface area (Å²) < 4.78 is 9.23. The van der Waals surface area contributed by atoms with Crippen molar-refractivity contribution in [1.29, 1.82) is 0 Å². The molecule has 1 aromatic carbocycles. The molecule has 1 fully saturated rings. The number of tetrazole rings is 1. The van der Waals surface area contributed by atoms with E-state index in [0.717, 1.165) is 24.4 Å². The van der Waals surface area contributed by atoms with E-state index in [1.54, 1.807) is 18.5 Å². The first-order valence-electron chi connectivity index (χ1n) is 9.35. The van der Waals surface area contributed by atoms with Crippen LogP contribution in [0.5, 0.6) is 5.75 Å². The molecule has 1 amide bonds. The van der Waals surface area contributed by atoms with Crippen molar-refractivity contribution in [3.05, 3.63) is 42.7 Å². The van der Waals surface area contributed by atoms with Crippen molar-refractivity contribution in [2.24, 2.45) is 0 Å². The molecule has 0 aliphatic heterocycles. The average molecular weight is 382 g/mol. The number of hydrogen-bond acceptors (Lipinski definition) is 7. The summed E-state index contributed by atoms with van der Waals surface area (Å²) in [5, 5.41) is 22.2. The van der Waals surface area contributed by atoms with E-state index < -0.39 is 0 Å². The van der Waals surface area contributed by atoms with Crippen LogP contribution in [-0.2, 0) is 4.79 Å². The van der Waals surface area contributed by atoms with Crippen LogP contribution < -0.4 is 10.1 Å². The van der Waals surface area contributed by atoms with Gasteiger partial charge >= 0.3 is 0 Å². The lowest BCUT2D eigenvalue weighted by atomic mass is 10.2. The van der Waals surface area contributed by atoms with Gasteiger partial charge in [-0.25, -0.2) is 4.68 Å². The molecule has 1 unspecified atom stereocenters. The smallest absolute Gasteiger partial charge is 0.258 e. The van der Waals surface area contributed by atoms with E-state index in [1.807, 2.05) is 19.1 Å². The molecule has 1 atom stereocenters. The molecule has 2 heterocycles. The summed E-state index contributed by atoms with van der Waals surface area (Å²) in [6.45, 7) is 1.81. The molecular formula is C18H22N8O2. The zero-order valence-electron chi connectivity index (χ0n) is 15.6. The van der Waals surface area contributed by atoms with Crippen LogP contribution in [0.4, 0.5) is 0 Å². The molecule has 1 aliphatic rings. The Morgan fingerprint density at radius 2 is 2.14 bits per heavy atom. The highest BCUT2D eigenvalue weighted by atomic mass is 16.5. The van der Waals surface area contributed by atoms with Crippen molar-refractivity contribution in [3.8, 4) is 11.4 Å². The van der Waals surface area contributed by atoms with Crippen LogP contribution in [0, 0.1) is 0 Å². The Balaban J connectivity index is 1.34. The Morgan fingerprint density at radius 1 is 1.29 bits per heavy atom. The summed E-state index contributed by atoms with van der Waals surface area (Å²) in [6, 6.07) is 7.39. The number of aromatic nitrogens is 7. The maximum Gasteiger partial charge on any atom is 0.258 e. The Kier molecular flexibility index (Phi) is 5.27. The molecule has 2 aromatic heterocycles. The van der Waals surface area contributed by atoms with Crippen LogP contribution >= 0.6 is 0 Å². The van der Waals surface area contributed by atoms with Crippen molar-refractivity contribution in [3.63, 3.8) is 0 Å². The molecule has 1 N–H and O–H groups in total. The predicted octanol–water partition coefficient (Wildman–Crippen LogP) is 1.63. The molecule has 0 bridgehead atoms. The van der Waals surface area contributed by atoms with Crippen LogP contribution in [0.2, 0.25) is 0 Å². The minimum atomic E-state index is -0.244. The van der Waals surface area contributed by atoms with Crippen LogP contribution in [0.25, 0.3) is 5.69 Å². The number of carbonyl (C=O) groups excluding carboxylic acids is 1. The summed E-state index contributed by atoms with van der Waals surface area (Å²) >= 11 is 0. The van der Waals surface area contributed by atoms with Crippen LogP contribution in [-0.4, -0.2) is 47.5 Å². The Hall–Kier alpha value is -3.30. The molecular weight excluding hydrogens is 360 g/mol. The molecule has 3 aromatic rings. The van der Waals surface area contributed by atoms with E-state index >= 15 is 0 Å². The van der Waals surface area contributed by atoms with Gasteiger partial charge in [0.05, 0.1) is 11.7 Å². The van der Waals surface area contributed by atoms with Gasteiger partial charge in [-0.3, -0.25) is 4.79 Å². The number of nitrogens with zero attached hydrogens (tertiary/aromatic N) is 7. The zero-order chi connectivity index (χ0) is 19.3. The Morgan fingerprint density at radius 3 is 2.93 bits per heavy atom. The summed E-state index contributed by atoms with van der Waals surface area (Å²) in [7, 11) is 0. The lowest BCUT2D eigenvalue weighted by molar-refractivity contribution is -0.123. The van der Waals surface area contributed by atoms with Crippen molar-refractivity contribution in [2.45, 2.75) is 44.7 Å². The highest BCUT2D eigenvalue weighted by molar-refractivity contribution is 5.77. The third-order valence-electron chi connectivity index (χ3n) is 4.88. The van der Waals surface area contributed by atoms with Gasteiger partial charge < -0.3 is 14.6 Å². The van der Waals surface area contributed by atoms with Crippen molar-refractivity contribution in [2.75, 3.05) is 6.61 Å². The molecule has 0 spiro atoms. The van der Waals surface area contributed by atoms with Crippen LogP contribution in [0.1, 0.15) is 50.5 Å². The van der Waals surface area contributed by atoms with Crippen molar-refractivity contribution < 1.29 is 9.53 Å². The number of amides is 1. The van der Waals surface area contributed by atoms with E-state index in [0.29, 0.717) is 11.8 Å². The first-order chi connectivity index (χ1) is 13.7. The average Bonchev–Trinajstić information content (AvgIpc) is 3.48. The fraction of sp³-hybridized carbons (Fsp3) is 0.444. The summed E-state index contributed by atoms with van der Waals surface area (Å²) in [6.07, 6.45) is 7.96. The molecule has 1 aliphatic carbocycles. The van der Waals surface area contributed by atoms with E-state index in [9.17, 15) is 4.79 Å². The molecule has 10 nitrogen and oxygen atoms in total. The van der Waals surface area contributed by atoms with Crippen molar-refractivity contribution in [1.82, 2.24) is 40.3 Å². The number of hydrogen-bond donors (Lipinski definition) is 1. The van der Waals surface area contributed by atoms with Crippen molar-refractivity contribution >= 4 is 5.91 Å². The zero-order valence-corrected chi connectivity index (χ0v) is 15.6. The molecule has 28 heavy (non-hydrogen) atoms. The fourth-order valence-electron chi connectivity index (χ4n) is 3.52. The standard InChI is InChI=1S/C18H22N8O2/c1-13(18-22-19-11-25(18)14-5-2-3-6-14)21-17(27)10-28-16-8-4-7-15(9-16)26-12-20-23-24-26/h4,7-9,11-14H,2-3,5-6,10H2,1H3,(H,21,27). The summed E-state index contributed by atoms with van der Waals surface area (Å²) in [4.78, 5) is 12.3. The lowest BCUT2D eigenvalue weighted by Crippen LogP contribution is -2.33. The third kappa shape index (κ3) is 4.00. The van der Waals surface area contributed by atoms with Gasteiger partial charge in [-0.1, -0.05) is 18.9 Å². The maximum atomic E-state index is 12.3. The van der Waals surface area contributed by atoms with E-state index in [1.165, 1.54) is 23.9 Å². The SMILES string of the molecule is CC(NC(=O)COc1cccc(-n2cnnn2)c1)c1nncn1C1CCCC1. The molecule has 10 heteroatoms. The van der Waals surface area contributed by atoms with Gasteiger partial charge in [0, 0.05) is 12.1 Å². The van der Waals surface area contributed by atoms with Gasteiger partial charge in [0.25, 0.3) is 5.91 Å². The first-order valence-corrected chi connectivity index (χ1v) is 9.35. The van der Waals surface area contributed by atoms with Crippen LogP contribution in [0.15, 0.2) is 36.9 Å². The van der Waals surface area contributed by atoms with Gasteiger partial charge in [-0.15, -0.1) is 15.3 Å². The first kappa shape index (κ1) is 18.1. The fourth-order valence-corrected chi connectivity index (χ4v) is 3.52. The van der Waals surface area contributed by atoms with E-state index in [4.69, 9.17) is 4.74 Å². The molecule has 0 saturated heterocycles. The minimum Gasteiger partial charge on any atom is -0.484 e. The van der Waals surface area contributed by atoms with Gasteiger partial charge in [-0.2, -0.15) is 0 Å². The molecule has 4 rings (SSSR count). The van der Waals surface area contributed by atoms with Gasteiger partial charge in [-0.05, 0) is 42.3 Å². The Labute approximate surface area is 161 Å². The summed E-state index contributed by atoms with van der Waals surface area (Å²) in [5.74, 6) is 1.12. The number of benzene rings is 1. The Bertz CT molecular complexity index is 917. The van der Waals surface area contributed by atoms with Gasteiger partial charge in [0.15, 0.2) is 12.4 Å². The van der Waals surface area contributed by atoms with E-state index in [2.05, 4.69) is 35.6 Å². The second-order valence-corrected chi connectivity index (χ2v) is 6.86. The topological polar surface area (TPSA) is 113 Å². The van der Waals surface area contributed by atoms with E-state index in [-0.39, 0.29) is 18.6 Å². The molecule has 1 saturated carbocycles. The molecule has 0 radical (unpaired) electrons. The highest BCUT2D eigenvalue weighted by Crippen LogP contribution is 2.31.